The summed E-state index contributed by atoms with van der Waals surface area (Å²) in [5.41, 5.74) is 0.123. The number of carbonyl (C=O) groups excluding carboxylic acids is 2. The minimum Gasteiger partial charge on any atom is -0.461 e. The van der Waals surface area contributed by atoms with E-state index in [9.17, 15) is 9.59 Å². The first-order valence-electron chi connectivity index (χ1n) is 6.34. The number of hydrogen-bond acceptors (Lipinski definition) is 6. The van der Waals surface area contributed by atoms with E-state index in [4.69, 9.17) is 9.15 Å². The fraction of sp³-hybridized carbons (Fsp3) is 0.583. The van der Waals surface area contributed by atoms with Crippen molar-refractivity contribution in [3.05, 3.63) is 12.0 Å². The van der Waals surface area contributed by atoms with E-state index in [0.29, 0.717) is 19.5 Å². The summed E-state index contributed by atoms with van der Waals surface area (Å²) >= 11 is 0. The zero-order valence-corrected chi connectivity index (χ0v) is 11.0. The van der Waals surface area contributed by atoms with Crippen molar-refractivity contribution in [3.63, 3.8) is 0 Å². The largest absolute Gasteiger partial charge is 0.461 e. The molecule has 1 amide bonds. The van der Waals surface area contributed by atoms with Gasteiger partial charge in [0.1, 0.15) is 12.3 Å². The van der Waals surface area contributed by atoms with Gasteiger partial charge in [-0.2, -0.15) is 4.98 Å². The molecule has 1 aliphatic rings. The van der Waals surface area contributed by atoms with Gasteiger partial charge in [-0.25, -0.2) is 4.79 Å². The van der Waals surface area contributed by atoms with Crippen LogP contribution in [0.5, 0.6) is 0 Å². The first-order valence-corrected chi connectivity index (χ1v) is 6.34. The topological polar surface area (TPSA) is 84.7 Å². The minimum absolute atomic E-state index is 0.0513. The van der Waals surface area contributed by atoms with Crippen LogP contribution in [0.3, 0.4) is 0 Å². The van der Waals surface area contributed by atoms with Crippen LogP contribution in [0, 0.1) is 0 Å². The smallest absolute Gasteiger partial charge is 0.360 e. The normalized spacial score (nSPS) is 19.2. The minimum atomic E-state index is -0.521. The number of oxazole rings is 1. The Labute approximate surface area is 110 Å². The number of carbonyl (C=O) groups is 2. The van der Waals surface area contributed by atoms with Crippen molar-refractivity contribution < 1.29 is 18.7 Å². The number of piperazine rings is 1. The number of hydrogen-bond donors (Lipinski definition) is 1. The first kappa shape index (κ1) is 13.4. The van der Waals surface area contributed by atoms with E-state index >= 15 is 0 Å². The van der Waals surface area contributed by atoms with Crippen molar-refractivity contribution in [1.29, 1.82) is 0 Å². The number of rotatable bonds is 4. The molecule has 1 atom stereocenters. The second kappa shape index (κ2) is 5.73. The molecule has 1 aromatic heterocycles. The number of aromatic nitrogens is 1. The molecular weight excluding hydrogens is 250 g/mol. The zero-order chi connectivity index (χ0) is 13.8. The Bertz CT molecular complexity index is 471. The predicted molar refractivity (Wildman–Crippen MR) is 66.9 cm³/mol. The van der Waals surface area contributed by atoms with Crippen molar-refractivity contribution in [3.8, 4) is 0 Å². The van der Waals surface area contributed by atoms with Gasteiger partial charge < -0.3 is 19.4 Å². The molecule has 1 aliphatic heterocycles. The third kappa shape index (κ3) is 2.69. The van der Waals surface area contributed by atoms with Gasteiger partial charge in [0.2, 0.25) is 5.91 Å². The maximum atomic E-state index is 11.7. The van der Waals surface area contributed by atoms with Crippen LogP contribution in [-0.4, -0.2) is 42.6 Å². The lowest BCUT2D eigenvalue weighted by Gasteiger charge is -2.33. The molecule has 0 radical (unpaired) electrons. The number of amides is 1. The molecule has 2 rings (SSSR count). The van der Waals surface area contributed by atoms with Gasteiger partial charge in [-0.15, -0.1) is 0 Å². The highest BCUT2D eigenvalue weighted by Crippen LogP contribution is 2.20. The molecule has 1 unspecified atom stereocenters. The van der Waals surface area contributed by atoms with E-state index in [0.717, 1.165) is 0 Å². The van der Waals surface area contributed by atoms with Crippen molar-refractivity contribution in [2.24, 2.45) is 0 Å². The third-order valence-electron chi connectivity index (χ3n) is 2.94. The van der Waals surface area contributed by atoms with E-state index in [2.05, 4.69) is 10.3 Å². The first-order chi connectivity index (χ1) is 9.17. The highest BCUT2D eigenvalue weighted by Gasteiger charge is 2.31. The lowest BCUT2D eigenvalue weighted by atomic mass is 10.1. The predicted octanol–water partition coefficient (Wildman–Crippen LogP) is 0.566. The summed E-state index contributed by atoms with van der Waals surface area (Å²) in [6, 6.07) is -0.0350. The van der Waals surface area contributed by atoms with Crippen LogP contribution in [0.25, 0.3) is 0 Å². The third-order valence-corrected chi connectivity index (χ3v) is 2.94. The van der Waals surface area contributed by atoms with Gasteiger partial charge in [0.15, 0.2) is 5.69 Å². The van der Waals surface area contributed by atoms with Gasteiger partial charge in [-0.05, 0) is 13.3 Å². The van der Waals surface area contributed by atoms with Crippen molar-refractivity contribution >= 4 is 17.9 Å². The summed E-state index contributed by atoms with van der Waals surface area (Å²) in [5.74, 6) is -0.573. The highest BCUT2D eigenvalue weighted by molar-refractivity contribution is 5.88. The summed E-state index contributed by atoms with van der Waals surface area (Å²) in [7, 11) is 0. The molecule has 0 saturated carbocycles. The van der Waals surface area contributed by atoms with Gasteiger partial charge in [-0.1, -0.05) is 6.92 Å². The van der Waals surface area contributed by atoms with Crippen molar-refractivity contribution in [2.75, 3.05) is 24.6 Å². The Morgan fingerprint density at radius 3 is 3.11 bits per heavy atom. The number of esters is 1. The van der Waals surface area contributed by atoms with Gasteiger partial charge >= 0.3 is 5.97 Å². The van der Waals surface area contributed by atoms with Gasteiger partial charge in [0.05, 0.1) is 6.61 Å². The Kier molecular flexibility index (Phi) is 4.03. The SMILES string of the molecule is CCOC(=O)c1coc(N2CCNC(=O)C2CC)n1. The highest BCUT2D eigenvalue weighted by atomic mass is 16.5. The molecule has 1 N–H and O–H groups in total. The van der Waals surface area contributed by atoms with E-state index in [1.54, 1.807) is 11.8 Å². The Balaban J connectivity index is 2.17. The molecular formula is C12H17N3O4. The van der Waals surface area contributed by atoms with E-state index in [1.165, 1.54) is 6.26 Å². The van der Waals surface area contributed by atoms with Crippen molar-refractivity contribution in [1.82, 2.24) is 10.3 Å². The van der Waals surface area contributed by atoms with Crippen LogP contribution in [0.15, 0.2) is 10.7 Å². The monoisotopic (exact) mass is 267 g/mol. The van der Waals surface area contributed by atoms with Crippen LogP contribution in [0.4, 0.5) is 6.01 Å². The standard InChI is InChI=1S/C12H17N3O4/c1-3-9-10(16)13-5-6-15(9)12-14-8(7-19-12)11(17)18-4-2/h7,9H,3-6H2,1-2H3,(H,13,16). The fourth-order valence-corrected chi connectivity index (χ4v) is 2.04. The maximum Gasteiger partial charge on any atom is 0.360 e. The average Bonchev–Trinajstić information content (AvgIpc) is 2.88. The Hall–Kier alpha value is -2.05. The fourth-order valence-electron chi connectivity index (χ4n) is 2.04. The number of nitrogens with one attached hydrogen (secondary N) is 1. The molecule has 0 aliphatic carbocycles. The van der Waals surface area contributed by atoms with Crippen molar-refractivity contribution in [2.45, 2.75) is 26.3 Å². The molecule has 0 bridgehead atoms. The second-order valence-corrected chi connectivity index (χ2v) is 4.14. The number of anilines is 1. The Morgan fingerprint density at radius 1 is 1.63 bits per heavy atom. The summed E-state index contributed by atoms with van der Waals surface area (Å²) in [6.07, 6.45) is 1.90. The molecule has 104 valence electrons. The molecule has 7 nitrogen and oxygen atoms in total. The lowest BCUT2D eigenvalue weighted by molar-refractivity contribution is -0.123. The van der Waals surface area contributed by atoms with E-state index < -0.39 is 5.97 Å². The van der Waals surface area contributed by atoms with Gasteiger partial charge in [0.25, 0.3) is 6.01 Å². The second-order valence-electron chi connectivity index (χ2n) is 4.14. The van der Waals surface area contributed by atoms with Crippen LogP contribution in [0.1, 0.15) is 30.8 Å². The summed E-state index contributed by atoms with van der Waals surface area (Å²) < 4.78 is 10.1. The lowest BCUT2D eigenvalue weighted by Crippen LogP contribution is -2.55. The summed E-state index contributed by atoms with van der Waals surface area (Å²) in [4.78, 5) is 29.1. The molecule has 2 heterocycles. The molecule has 1 aromatic rings. The molecule has 0 aromatic carbocycles. The number of ether oxygens (including phenoxy) is 1. The van der Waals surface area contributed by atoms with Crippen LogP contribution in [0.2, 0.25) is 0 Å². The maximum absolute atomic E-state index is 11.7. The zero-order valence-electron chi connectivity index (χ0n) is 11.0. The van der Waals surface area contributed by atoms with Gasteiger partial charge in [0, 0.05) is 13.1 Å². The molecule has 19 heavy (non-hydrogen) atoms. The number of nitrogens with zero attached hydrogens (tertiary/aromatic N) is 2. The molecule has 1 fully saturated rings. The molecule has 0 spiro atoms. The van der Waals surface area contributed by atoms with Crippen LogP contribution < -0.4 is 10.2 Å². The van der Waals surface area contributed by atoms with E-state index in [-0.39, 0.29) is 30.3 Å². The average molecular weight is 267 g/mol. The van der Waals surface area contributed by atoms with E-state index in [1.807, 2.05) is 6.92 Å². The summed E-state index contributed by atoms with van der Waals surface area (Å²) in [5, 5.41) is 2.79. The Morgan fingerprint density at radius 2 is 2.42 bits per heavy atom. The molecule has 1 saturated heterocycles. The quantitative estimate of drug-likeness (QED) is 0.803. The van der Waals surface area contributed by atoms with Crippen LogP contribution in [-0.2, 0) is 9.53 Å². The van der Waals surface area contributed by atoms with Crippen LogP contribution >= 0.6 is 0 Å². The molecule has 7 heteroatoms. The summed E-state index contributed by atoms with van der Waals surface area (Å²) in [6.45, 7) is 5.06. The van der Waals surface area contributed by atoms with Gasteiger partial charge in [-0.3, -0.25) is 4.79 Å².